The Morgan fingerprint density at radius 1 is 1.13 bits per heavy atom. The zero-order chi connectivity index (χ0) is 16.8. The molecule has 0 bridgehead atoms. The van der Waals surface area contributed by atoms with Crippen LogP contribution >= 0.6 is 23.2 Å². The van der Waals surface area contributed by atoms with E-state index in [4.69, 9.17) is 27.9 Å². The third-order valence-electron chi connectivity index (χ3n) is 3.27. The molecule has 0 radical (unpaired) electrons. The highest BCUT2D eigenvalue weighted by atomic mass is 35.5. The zero-order valence-corrected chi connectivity index (χ0v) is 14.7. The molecule has 0 fully saturated rings. The van der Waals surface area contributed by atoms with Gasteiger partial charge in [-0.3, -0.25) is 0 Å². The van der Waals surface area contributed by atoms with Crippen LogP contribution in [0.3, 0.4) is 0 Å². The maximum atomic E-state index is 13.5. The van der Waals surface area contributed by atoms with Crippen LogP contribution in [0.5, 0.6) is 5.75 Å². The standard InChI is InChI=1S/C18H20Cl2FNO/c1-12(2)23-18-15(19)9-13(10-16(18)20)11-22-8-7-14-5-3-4-6-17(14)21/h3-6,9-10,12,22H,7-8,11H2,1-2H3. The summed E-state index contributed by atoms with van der Waals surface area (Å²) in [6, 6.07) is 10.5. The average Bonchev–Trinajstić information content (AvgIpc) is 2.49. The molecule has 0 aliphatic rings. The van der Waals surface area contributed by atoms with Crippen LogP contribution in [0.4, 0.5) is 4.39 Å². The molecule has 5 heteroatoms. The second kappa shape index (κ2) is 8.53. The third kappa shape index (κ3) is 5.38. The maximum absolute atomic E-state index is 13.5. The fraction of sp³-hybridized carbons (Fsp3) is 0.333. The van der Waals surface area contributed by atoms with Crippen molar-refractivity contribution in [1.29, 1.82) is 0 Å². The smallest absolute Gasteiger partial charge is 0.156 e. The molecule has 2 rings (SSSR count). The van der Waals surface area contributed by atoms with Crippen molar-refractivity contribution in [2.24, 2.45) is 0 Å². The average molecular weight is 356 g/mol. The van der Waals surface area contributed by atoms with E-state index in [1.54, 1.807) is 12.1 Å². The van der Waals surface area contributed by atoms with Crippen molar-refractivity contribution >= 4 is 23.2 Å². The van der Waals surface area contributed by atoms with E-state index in [9.17, 15) is 4.39 Å². The molecule has 0 unspecified atom stereocenters. The molecule has 2 nitrogen and oxygen atoms in total. The Balaban J connectivity index is 1.90. The predicted molar refractivity (Wildman–Crippen MR) is 94.0 cm³/mol. The lowest BCUT2D eigenvalue weighted by Crippen LogP contribution is -2.17. The molecule has 0 aliphatic heterocycles. The second-order valence-corrected chi connectivity index (χ2v) is 6.39. The van der Waals surface area contributed by atoms with Gasteiger partial charge in [-0.15, -0.1) is 0 Å². The summed E-state index contributed by atoms with van der Waals surface area (Å²) in [7, 11) is 0. The van der Waals surface area contributed by atoms with Crippen LogP contribution in [0, 0.1) is 5.82 Å². The van der Waals surface area contributed by atoms with E-state index in [1.807, 2.05) is 32.0 Å². The quantitative estimate of drug-likeness (QED) is 0.684. The van der Waals surface area contributed by atoms with Gasteiger partial charge >= 0.3 is 0 Å². The normalized spacial score (nSPS) is 11.0. The summed E-state index contributed by atoms with van der Waals surface area (Å²) in [6.07, 6.45) is 0.637. The van der Waals surface area contributed by atoms with Gasteiger partial charge in [0.05, 0.1) is 16.1 Å². The van der Waals surface area contributed by atoms with Crippen LogP contribution in [0.25, 0.3) is 0 Å². The summed E-state index contributed by atoms with van der Waals surface area (Å²) in [5.74, 6) is 0.342. The van der Waals surface area contributed by atoms with Gasteiger partial charge in [0.25, 0.3) is 0 Å². The van der Waals surface area contributed by atoms with E-state index in [1.165, 1.54) is 6.07 Å². The van der Waals surface area contributed by atoms with Crippen molar-refractivity contribution in [2.45, 2.75) is 32.9 Å². The first kappa shape index (κ1) is 18.1. The van der Waals surface area contributed by atoms with Gasteiger partial charge in [-0.05, 0) is 56.1 Å². The molecule has 23 heavy (non-hydrogen) atoms. The molecule has 1 N–H and O–H groups in total. The van der Waals surface area contributed by atoms with Gasteiger partial charge in [0.2, 0.25) is 0 Å². The lowest BCUT2D eigenvalue weighted by atomic mass is 10.1. The van der Waals surface area contributed by atoms with Gasteiger partial charge in [0, 0.05) is 6.54 Å². The van der Waals surface area contributed by atoms with Crippen LogP contribution in [-0.2, 0) is 13.0 Å². The number of halogens is 3. The van der Waals surface area contributed by atoms with E-state index < -0.39 is 0 Å². The van der Waals surface area contributed by atoms with Gasteiger partial charge in [0.1, 0.15) is 5.82 Å². The SMILES string of the molecule is CC(C)Oc1c(Cl)cc(CNCCc2ccccc2F)cc1Cl. The van der Waals surface area contributed by atoms with Crippen molar-refractivity contribution in [3.8, 4) is 5.75 Å². The van der Waals surface area contributed by atoms with Crippen LogP contribution < -0.4 is 10.1 Å². The number of ether oxygens (including phenoxy) is 1. The Kier molecular flexibility index (Phi) is 6.70. The van der Waals surface area contributed by atoms with Crippen molar-refractivity contribution in [2.75, 3.05) is 6.54 Å². The topological polar surface area (TPSA) is 21.3 Å². The first-order valence-corrected chi connectivity index (χ1v) is 8.31. The minimum absolute atomic E-state index is 0.00902. The molecular formula is C18H20Cl2FNO. The number of nitrogens with one attached hydrogen (secondary N) is 1. The first-order valence-electron chi connectivity index (χ1n) is 7.56. The number of benzene rings is 2. The zero-order valence-electron chi connectivity index (χ0n) is 13.2. The molecule has 124 valence electrons. The van der Waals surface area contributed by atoms with Crippen LogP contribution in [-0.4, -0.2) is 12.6 Å². The molecule has 2 aromatic rings. The van der Waals surface area contributed by atoms with E-state index >= 15 is 0 Å². The van der Waals surface area contributed by atoms with Gasteiger partial charge in [-0.25, -0.2) is 4.39 Å². The van der Waals surface area contributed by atoms with E-state index in [0.717, 1.165) is 5.56 Å². The minimum Gasteiger partial charge on any atom is -0.488 e. The van der Waals surface area contributed by atoms with E-state index in [-0.39, 0.29) is 11.9 Å². The summed E-state index contributed by atoms with van der Waals surface area (Å²) < 4.78 is 19.1. The Morgan fingerprint density at radius 2 is 1.78 bits per heavy atom. The monoisotopic (exact) mass is 355 g/mol. The summed E-state index contributed by atoms with van der Waals surface area (Å²) in [6.45, 7) is 5.12. The van der Waals surface area contributed by atoms with Crippen molar-refractivity contribution in [3.63, 3.8) is 0 Å². The summed E-state index contributed by atoms with van der Waals surface area (Å²) in [4.78, 5) is 0. The lowest BCUT2D eigenvalue weighted by molar-refractivity contribution is 0.242. The van der Waals surface area contributed by atoms with Crippen molar-refractivity contribution < 1.29 is 9.13 Å². The Morgan fingerprint density at radius 3 is 2.39 bits per heavy atom. The predicted octanol–water partition coefficient (Wildman–Crippen LogP) is 5.25. The second-order valence-electron chi connectivity index (χ2n) is 5.57. The molecule has 2 aromatic carbocycles. The highest BCUT2D eigenvalue weighted by Gasteiger charge is 2.11. The first-order chi connectivity index (χ1) is 11.0. The highest BCUT2D eigenvalue weighted by Crippen LogP contribution is 2.34. The number of rotatable bonds is 7. The molecule has 0 saturated heterocycles. The summed E-state index contributed by atoms with van der Waals surface area (Å²) in [5.41, 5.74) is 1.67. The van der Waals surface area contributed by atoms with Crippen LogP contribution in [0.2, 0.25) is 10.0 Å². The molecule has 0 aliphatic carbocycles. The Labute approximate surface area is 146 Å². The van der Waals surface area contributed by atoms with Gasteiger partial charge < -0.3 is 10.1 Å². The number of hydrogen-bond acceptors (Lipinski definition) is 2. The van der Waals surface area contributed by atoms with Crippen LogP contribution in [0.1, 0.15) is 25.0 Å². The molecule has 0 heterocycles. The highest BCUT2D eigenvalue weighted by molar-refractivity contribution is 6.37. The van der Waals surface area contributed by atoms with Gasteiger partial charge in [0.15, 0.2) is 5.75 Å². The maximum Gasteiger partial charge on any atom is 0.156 e. The molecule has 0 aromatic heterocycles. The minimum atomic E-state index is -0.171. The van der Waals surface area contributed by atoms with E-state index in [0.29, 0.717) is 40.9 Å². The molecule has 0 saturated carbocycles. The van der Waals surface area contributed by atoms with E-state index in [2.05, 4.69) is 5.32 Å². The fourth-order valence-electron chi connectivity index (χ4n) is 2.22. The lowest BCUT2D eigenvalue weighted by Gasteiger charge is -2.14. The Hall–Kier alpha value is -1.29. The van der Waals surface area contributed by atoms with Gasteiger partial charge in [-0.1, -0.05) is 41.4 Å². The third-order valence-corrected chi connectivity index (χ3v) is 3.83. The summed E-state index contributed by atoms with van der Waals surface area (Å²) >= 11 is 12.4. The largest absolute Gasteiger partial charge is 0.488 e. The molecule has 0 amide bonds. The molecule has 0 atom stereocenters. The molecule has 0 spiro atoms. The number of hydrogen-bond donors (Lipinski definition) is 1. The summed E-state index contributed by atoms with van der Waals surface area (Å²) in [5, 5.41) is 4.26. The van der Waals surface area contributed by atoms with Crippen molar-refractivity contribution in [3.05, 3.63) is 63.4 Å². The van der Waals surface area contributed by atoms with Crippen LogP contribution in [0.15, 0.2) is 36.4 Å². The van der Waals surface area contributed by atoms with Crippen molar-refractivity contribution in [1.82, 2.24) is 5.32 Å². The Bertz CT molecular complexity index is 638. The fourth-order valence-corrected chi connectivity index (χ4v) is 2.84. The molecular weight excluding hydrogens is 336 g/mol. The van der Waals surface area contributed by atoms with Gasteiger partial charge in [-0.2, -0.15) is 0 Å².